The summed E-state index contributed by atoms with van der Waals surface area (Å²) in [7, 11) is 0. The van der Waals surface area contributed by atoms with E-state index in [0.717, 1.165) is 6.54 Å². The summed E-state index contributed by atoms with van der Waals surface area (Å²) in [5, 5.41) is 3.09. The van der Waals surface area contributed by atoms with Gasteiger partial charge in [0.25, 0.3) is 0 Å². The molecule has 1 N–H and O–H groups in total. The molecule has 1 aliphatic heterocycles. The molecule has 1 fully saturated rings. The van der Waals surface area contributed by atoms with Gasteiger partial charge in [-0.1, -0.05) is 6.08 Å². The van der Waals surface area contributed by atoms with Crippen LogP contribution in [0.15, 0.2) is 12.7 Å². The largest absolute Gasteiger partial charge is 0.368 e. The molecule has 1 saturated heterocycles. The molecule has 0 aromatic carbocycles. The van der Waals surface area contributed by atoms with Gasteiger partial charge in [-0.2, -0.15) is 0 Å². The summed E-state index contributed by atoms with van der Waals surface area (Å²) in [6.07, 6.45) is 1.77. The molecular weight excluding hydrogens is 142 g/mol. The molecule has 1 aliphatic rings. The predicted molar refractivity (Wildman–Crippen MR) is 42.4 cm³/mol. The molecular formula is C8H13NO2. The fourth-order valence-electron chi connectivity index (χ4n) is 1.05. The lowest BCUT2D eigenvalue weighted by Gasteiger charge is -2.21. The van der Waals surface area contributed by atoms with E-state index in [-0.39, 0.29) is 11.9 Å². The van der Waals surface area contributed by atoms with Crippen LogP contribution in [0.2, 0.25) is 0 Å². The molecule has 0 aromatic rings. The number of ketones is 1. The van der Waals surface area contributed by atoms with Crippen molar-refractivity contribution in [1.82, 2.24) is 5.32 Å². The van der Waals surface area contributed by atoms with Gasteiger partial charge >= 0.3 is 0 Å². The Bertz CT molecular complexity index is 150. The van der Waals surface area contributed by atoms with Crippen LogP contribution in [0.1, 0.15) is 6.42 Å². The van der Waals surface area contributed by atoms with Crippen molar-refractivity contribution in [3.8, 4) is 0 Å². The van der Waals surface area contributed by atoms with E-state index in [0.29, 0.717) is 19.6 Å². The Morgan fingerprint density at radius 3 is 3.18 bits per heavy atom. The molecule has 3 nitrogen and oxygen atoms in total. The van der Waals surface area contributed by atoms with E-state index in [2.05, 4.69) is 11.9 Å². The average Bonchev–Trinajstić information content (AvgIpc) is 2.07. The number of carbonyl (C=O) groups excluding carboxylic acids is 1. The number of hydrogen-bond acceptors (Lipinski definition) is 3. The first kappa shape index (κ1) is 8.43. The number of hydrogen-bond donors (Lipinski definition) is 1. The maximum Gasteiger partial charge on any atom is 0.166 e. The molecule has 1 atom stereocenters. The number of nitrogens with one attached hydrogen (secondary N) is 1. The Balaban J connectivity index is 2.32. The third-order valence-corrected chi connectivity index (χ3v) is 1.63. The summed E-state index contributed by atoms with van der Waals surface area (Å²) in [5.74, 6) is 0.118. The minimum absolute atomic E-state index is 0.118. The molecule has 0 saturated carbocycles. The summed E-state index contributed by atoms with van der Waals surface area (Å²) in [5.41, 5.74) is 0. The standard InChI is InChI=1S/C8H13NO2/c1-2-3-7(10)8-6-9-4-5-11-8/h2,8-9H,1,3-6H2. The van der Waals surface area contributed by atoms with Crippen molar-refractivity contribution in [3.63, 3.8) is 0 Å². The molecule has 62 valence electrons. The Kier molecular flexibility index (Phi) is 3.26. The first-order chi connectivity index (χ1) is 5.34. The summed E-state index contributed by atoms with van der Waals surface area (Å²) >= 11 is 0. The van der Waals surface area contributed by atoms with Gasteiger partial charge in [-0.25, -0.2) is 0 Å². The van der Waals surface area contributed by atoms with Gasteiger partial charge in [-0.3, -0.25) is 4.79 Å². The zero-order valence-electron chi connectivity index (χ0n) is 6.51. The Labute approximate surface area is 66.4 Å². The van der Waals surface area contributed by atoms with E-state index < -0.39 is 0 Å². The molecule has 1 rings (SSSR count). The third kappa shape index (κ3) is 2.44. The van der Waals surface area contributed by atoms with Gasteiger partial charge in [0.15, 0.2) is 5.78 Å². The normalized spacial score (nSPS) is 24.5. The minimum Gasteiger partial charge on any atom is -0.368 e. The topological polar surface area (TPSA) is 38.3 Å². The number of morpholine rings is 1. The van der Waals surface area contributed by atoms with E-state index in [9.17, 15) is 4.79 Å². The molecule has 0 bridgehead atoms. The highest BCUT2D eigenvalue weighted by atomic mass is 16.5. The van der Waals surface area contributed by atoms with E-state index in [1.807, 2.05) is 0 Å². The van der Waals surface area contributed by atoms with Crippen molar-refractivity contribution in [1.29, 1.82) is 0 Å². The van der Waals surface area contributed by atoms with Crippen molar-refractivity contribution in [3.05, 3.63) is 12.7 Å². The van der Waals surface area contributed by atoms with Gasteiger partial charge in [0.05, 0.1) is 6.61 Å². The van der Waals surface area contributed by atoms with Crippen LogP contribution in [-0.2, 0) is 9.53 Å². The van der Waals surface area contributed by atoms with Crippen LogP contribution in [-0.4, -0.2) is 31.6 Å². The Morgan fingerprint density at radius 1 is 1.82 bits per heavy atom. The fraction of sp³-hybridized carbons (Fsp3) is 0.625. The molecule has 0 spiro atoms. The number of allylic oxidation sites excluding steroid dienone is 1. The Hall–Kier alpha value is -0.670. The molecule has 0 amide bonds. The van der Waals surface area contributed by atoms with Crippen molar-refractivity contribution in [2.75, 3.05) is 19.7 Å². The van der Waals surface area contributed by atoms with Gasteiger partial charge in [-0.05, 0) is 0 Å². The molecule has 1 unspecified atom stereocenters. The first-order valence-electron chi connectivity index (χ1n) is 3.80. The van der Waals surface area contributed by atoms with Gasteiger partial charge in [0, 0.05) is 19.5 Å². The van der Waals surface area contributed by atoms with Crippen molar-refractivity contribution in [2.45, 2.75) is 12.5 Å². The third-order valence-electron chi connectivity index (χ3n) is 1.63. The van der Waals surface area contributed by atoms with E-state index >= 15 is 0 Å². The SMILES string of the molecule is C=CCC(=O)C1CNCCO1. The van der Waals surface area contributed by atoms with Gasteiger partial charge in [0.2, 0.25) is 0 Å². The molecule has 0 aliphatic carbocycles. The van der Waals surface area contributed by atoms with E-state index in [1.165, 1.54) is 0 Å². The summed E-state index contributed by atoms with van der Waals surface area (Å²) in [4.78, 5) is 11.2. The number of ether oxygens (including phenoxy) is 1. The monoisotopic (exact) mass is 155 g/mol. The predicted octanol–water partition coefficient (Wildman–Crippen LogP) is 0.120. The zero-order valence-corrected chi connectivity index (χ0v) is 6.51. The highest BCUT2D eigenvalue weighted by Crippen LogP contribution is 2.00. The van der Waals surface area contributed by atoms with E-state index in [4.69, 9.17) is 4.74 Å². The molecule has 3 heteroatoms. The minimum atomic E-state index is -0.248. The lowest BCUT2D eigenvalue weighted by Crippen LogP contribution is -2.42. The lowest BCUT2D eigenvalue weighted by molar-refractivity contribution is -0.131. The quantitative estimate of drug-likeness (QED) is 0.588. The smallest absolute Gasteiger partial charge is 0.166 e. The van der Waals surface area contributed by atoms with Crippen LogP contribution < -0.4 is 5.32 Å². The van der Waals surface area contributed by atoms with Crippen LogP contribution in [0.25, 0.3) is 0 Å². The van der Waals surface area contributed by atoms with Crippen molar-refractivity contribution < 1.29 is 9.53 Å². The average molecular weight is 155 g/mol. The fourth-order valence-corrected chi connectivity index (χ4v) is 1.05. The van der Waals surface area contributed by atoms with Crippen molar-refractivity contribution in [2.24, 2.45) is 0 Å². The molecule has 0 aromatic heterocycles. The zero-order chi connectivity index (χ0) is 8.10. The second kappa shape index (κ2) is 4.26. The molecule has 11 heavy (non-hydrogen) atoms. The number of carbonyl (C=O) groups is 1. The van der Waals surface area contributed by atoms with Gasteiger partial charge in [0.1, 0.15) is 6.10 Å². The van der Waals surface area contributed by atoms with Crippen LogP contribution >= 0.6 is 0 Å². The van der Waals surface area contributed by atoms with Crippen LogP contribution in [0, 0.1) is 0 Å². The van der Waals surface area contributed by atoms with Crippen LogP contribution in [0.3, 0.4) is 0 Å². The summed E-state index contributed by atoms with van der Waals surface area (Å²) in [6.45, 7) is 5.62. The van der Waals surface area contributed by atoms with Gasteiger partial charge < -0.3 is 10.1 Å². The molecule has 1 heterocycles. The maximum atomic E-state index is 11.2. The summed E-state index contributed by atoms with van der Waals surface area (Å²) in [6, 6.07) is 0. The Morgan fingerprint density at radius 2 is 2.64 bits per heavy atom. The van der Waals surface area contributed by atoms with Crippen LogP contribution in [0.5, 0.6) is 0 Å². The summed E-state index contributed by atoms with van der Waals surface area (Å²) < 4.78 is 5.23. The highest BCUT2D eigenvalue weighted by Gasteiger charge is 2.19. The first-order valence-corrected chi connectivity index (χ1v) is 3.80. The number of rotatable bonds is 3. The van der Waals surface area contributed by atoms with Crippen LogP contribution in [0.4, 0.5) is 0 Å². The molecule has 0 radical (unpaired) electrons. The lowest BCUT2D eigenvalue weighted by atomic mass is 10.1. The maximum absolute atomic E-state index is 11.2. The van der Waals surface area contributed by atoms with Crippen molar-refractivity contribution >= 4 is 5.78 Å². The highest BCUT2D eigenvalue weighted by molar-refractivity contribution is 5.84. The second-order valence-electron chi connectivity index (χ2n) is 2.52. The number of Topliss-reactive ketones (excluding diaryl/α,β-unsaturated/α-hetero) is 1. The van der Waals surface area contributed by atoms with E-state index in [1.54, 1.807) is 6.08 Å². The van der Waals surface area contributed by atoms with Gasteiger partial charge in [-0.15, -0.1) is 6.58 Å². The second-order valence-corrected chi connectivity index (χ2v) is 2.52.